The number of carbonyl (C=O) groups is 3. The number of amides is 2. The number of hydrogen-bond acceptors (Lipinski definition) is 4. The molecule has 0 bridgehead atoms. The van der Waals surface area contributed by atoms with Gasteiger partial charge in [-0.15, -0.1) is 13.2 Å². The lowest BCUT2D eigenvalue weighted by Gasteiger charge is -2.12. The molecule has 0 radical (unpaired) electrons. The molecule has 7 nitrogen and oxygen atoms in total. The third-order valence-electron chi connectivity index (χ3n) is 2.77. The summed E-state index contributed by atoms with van der Waals surface area (Å²) < 4.78 is 4.65. The van der Waals surface area contributed by atoms with Gasteiger partial charge in [0.2, 0.25) is 6.10 Å². The highest BCUT2D eigenvalue weighted by Gasteiger charge is 2.23. The predicted molar refractivity (Wildman–Crippen MR) is 108 cm³/mol. The third-order valence-corrected chi connectivity index (χ3v) is 3.21. The lowest BCUT2D eigenvalue weighted by molar-refractivity contribution is -0.138. The summed E-state index contributed by atoms with van der Waals surface area (Å²) in [7, 11) is 1.21. The molecule has 0 heterocycles. The second-order valence-electron chi connectivity index (χ2n) is 4.67. The minimum absolute atomic E-state index is 0.250. The molecular weight excluding hydrogens is 395 g/mol. The zero-order valence-corrected chi connectivity index (χ0v) is 16.5. The van der Waals surface area contributed by atoms with Crippen LogP contribution in [0.5, 0.6) is 0 Å². The van der Waals surface area contributed by atoms with E-state index in [1.165, 1.54) is 44.6 Å². The van der Waals surface area contributed by atoms with Gasteiger partial charge < -0.3 is 20.9 Å². The highest BCUT2D eigenvalue weighted by molar-refractivity contribution is 6.35. The SMILES string of the molecule is C1=CCCC1.C=C.COC(C(N)=O)C(=O)Nc1cc(Cl)cc(Cl)c1.O=CO. The first-order valence-corrected chi connectivity index (χ1v) is 8.43. The second-order valence-corrected chi connectivity index (χ2v) is 5.55. The van der Waals surface area contributed by atoms with Gasteiger partial charge in [-0.05, 0) is 37.5 Å². The maximum Gasteiger partial charge on any atom is 0.290 e. The molecule has 2 amide bonds. The molecular formula is C18H24Cl2N2O5. The average Bonchev–Trinajstić information content (AvgIpc) is 3.16. The lowest BCUT2D eigenvalue weighted by Crippen LogP contribution is -2.40. The van der Waals surface area contributed by atoms with Crippen LogP contribution in [0.1, 0.15) is 19.3 Å². The van der Waals surface area contributed by atoms with Crippen LogP contribution >= 0.6 is 23.2 Å². The maximum absolute atomic E-state index is 11.6. The van der Waals surface area contributed by atoms with Gasteiger partial charge in [0.15, 0.2) is 0 Å². The molecule has 4 N–H and O–H groups in total. The summed E-state index contributed by atoms with van der Waals surface area (Å²) >= 11 is 11.5. The number of methoxy groups -OCH3 is 1. The number of benzene rings is 1. The number of hydrogen-bond donors (Lipinski definition) is 3. The Morgan fingerprint density at radius 2 is 1.67 bits per heavy atom. The molecule has 0 fully saturated rings. The summed E-state index contributed by atoms with van der Waals surface area (Å²) in [6.07, 6.45) is 7.15. The highest BCUT2D eigenvalue weighted by atomic mass is 35.5. The van der Waals surface area contributed by atoms with Crippen molar-refractivity contribution in [2.45, 2.75) is 25.4 Å². The van der Waals surface area contributed by atoms with Crippen LogP contribution in [0, 0.1) is 0 Å². The molecule has 1 aromatic carbocycles. The minimum Gasteiger partial charge on any atom is -0.483 e. The van der Waals surface area contributed by atoms with Crippen LogP contribution in [0.3, 0.4) is 0 Å². The van der Waals surface area contributed by atoms with Gasteiger partial charge >= 0.3 is 0 Å². The molecule has 150 valence electrons. The largest absolute Gasteiger partial charge is 0.483 e. The van der Waals surface area contributed by atoms with Gasteiger partial charge in [-0.2, -0.15) is 0 Å². The number of halogens is 2. The third kappa shape index (κ3) is 13.5. The maximum atomic E-state index is 11.6. The molecule has 27 heavy (non-hydrogen) atoms. The number of rotatable bonds is 4. The zero-order valence-electron chi connectivity index (χ0n) is 15.0. The predicted octanol–water partition coefficient (Wildman–Crippen LogP) is 3.66. The Kier molecular flexibility index (Phi) is 17.0. The number of nitrogens with two attached hydrogens (primary N) is 1. The van der Waals surface area contributed by atoms with E-state index < -0.39 is 17.9 Å². The topological polar surface area (TPSA) is 119 Å². The number of anilines is 1. The Hall–Kier alpha value is -2.35. The number of carboxylic acid groups (broad SMARTS) is 1. The number of primary amides is 1. The Morgan fingerprint density at radius 3 is 1.96 bits per heavy atom. The van der Waals surface area contributed by atoms with Crippen LogP contribution in [0.25, 0.3) is 0 Å². The van der Waals surface area contributed by atoms with Gasteiger partial charge in [0.25, 0.3) is 18.3 Å². The van der Waals surface area contributed by atoms with E-state index in [0.717, 1.165) is 0 Å². The van der Waals surface area contributed by atoms with Crippen LogP contribution in [-0.4, -0.2) is 36.6 Å². The molecule has 1 aromatic rings. The first-order valence-electron chi connectivity index (χ1n) is 7.67. The van der Waals surface area contributed by atoms with E-state index in [1.807, 2.05) is 0 Å². The van der Waals surface area contributed by atoms with Crippen LogP contribution in [-0.2, 0) is 19.1 Å². The molecule has 0 aromatic heterocycles. The Labute approximate surface area is 168 Å². The van der Waals surface area contributed by atoms with Gasteiger partial charge in [0.1, 0.15) is 0 Å². The molecule has 0 aliphatic heterocycles. The number of allylic oxidation sites excluding steroid dienone is 2. The Balaban J connectivity index is 0. The fraction of sp³-hybridized carbons (Fsp3) is 0.278. The molecule has 1 atom stereocenters. The lowest BCUT2D eigenvalue weighted by atomic mass is 10.2. The summed E-state index contributed by atoms with van der Waals surface area (Å²) in [5.74, 6) is -1.56. The molecule has 2 rings (SSSR count). The standard InChI is InChI=1S/C10H10Cl2N2O3.C5H8.C2H4.CH2O2/c1-17-8(9(13)15)10(16)14-7-3-5(11)2-6(12)4-7;1-2-4-5-3-1;1-2;2-1-3/h2-4,8H,1H3,(H2,13,15)(H,14,16);1-2H,3-5H2;1-2H2;1H,(H,2,3). The molecule has 0 spiro atoms. The number of nitrogens with one attached hydrogen (secondary N) is 1. The summed E-state index contributed by atoms with van der Waals surface area (Å²) in [5, 5.41) is 10.0. The van der Waals surface area contributed by atoms with Crippen molar-refractivity contribution in [2.24, 2.45) is 5.73 Å². The highest BCUT2D eigenvalue weighted by Crippen LogP contribution is 2.22. The minimum atomic E-state index is -1.35. The van der Waals surface area contributed by atoms with Gasteiger partial charge in [-0.25, -0.2) is 0 Å². The quantitative estimate of drug-likeness (QED) is 0.391. The molecule has 0 saturated heterocycles. The first kappa shape index (κ1) is 26.9. The van der Waals surface area contributed by atoms with E-state index in [4.69, 9.17) is 38.8 Å². The molecule has 1 unspecified atom stereocenters. The van der Waals surface area contributed by atoms with E-state index in [-0.39, 0.29) is 6.47 Å². The van der Waals surface area contributed by atoms with Crippen LogP contribution in [0.15, 0.2) is 43.5 Å². The first-order chi connectivity index (χ1) is 12.8. The smallest absolute Gasteiger partial charge is 0.290 e. The van der Waals surface area contributed by atoms with Gasteiger partial charge in [0, 0.05) is 22.8 Å². The van der Waals surface area contributed by atoms with E-state index in [9.17, 15) is 9.59 Å². The van der Waals surface area contributed by atoms with Gasteiger partial charge in [-0.3, -0.25) is 14.4 Å². The normalized spacial score (nSPS) is 12.0. The molecule has 0 saturated carbocycles. The van der Waals surface area contributed by atoms with Crippen molar-refractivity contribution in [2.75, 3.05) is 12.4 Å². The van der Waals surface area contributed by atoms with Crippen molar-refractivity contribution < 1.29 is 24.2 Å². The van der Waals surface area contributed by atoms with Crippen molar-refractivity contribution in [1.82, 2.24) is 0 Å². The summed E-state index contributed by atoms with van der Waals surface area (Å²) in [4.78, 5) is 30.8. The van der Waals surface area contributed by atoms with Crippen molar-refractivity contribution in [3.63, 3.8) is 0 Å². The molecule has 1 aliphatic carbocycles. The zero-order chi connectivity index (χ0) is 21.2. The monoisotopic (exact) mass is 418 g/mol. The molecule has 9 heteroatoms. The van der Waals surface area contributed by atoms with E-state index >= 15 is 0 Å². The fourth-order valence-electron chi connectivity index (χ4n) is 1.78. The summed E-state index contributed by atoms with van der Waals surface area (Å²) in [6, 6.07) is 4.48. The number of carbonyl (C=O) groups excluding carboxylic acids is 2. The van der Waals surface area contributed by atoms with Crippen molar-refractivity contribution in [3.05, 3.63) is 53.6 Å². The van der Waals surface area contributed by atoms with E-state index in [2.05, 4.69) is 35.4 Å². The van der Waals surface area contributed by atoms with Crippen molar-refractivity contribution in [1.29, 1.82) is 0 Å². The summed E-state index contributed by atoms with van der Waals surface area (Å²) in [5.41, 5.74) is 5.34. The number of ether oxygens (including phenoxy) is 1. The Bertz CT molecular complexity index is 598. The molecule has 1 aliphatic rings. The average molecular weight is 419 g/mol. The van der Waals surface area contributed by atoms with Crippen molar-refractivity contribution in [3.8, 4) is 0 Å². The van der Waals surface area contributed by atoms with Crippen LogP contribution in [0.2, 0.25) is 10.0 Å². The van der Waals surface area contributed by atoms with Gasteiger partial charge in [-0.1, -0.05) is 35.4 Å². The Morgan fingerprint density at radius 1 is 1.22 bits per heavy atom. The van der Waals surface area contributed by atoms with E-state index in [1.54, 1.807) is 0 Å². The van der Waals surface area contributed by atoms with Gasteiger partial charge in [0.05, 0.1) is 0 Å². The van der Waals surface area contributed by atoms with Crippen LogP contribution < -0.4 is 11.1 Å². The fourth-order valence-corrected chi connectivity index (χ4v) is 2.30. The summed E-state index contributed by atoms with van der Waals surface area (Å²) in [6.45, 7) is 5.75. The van der Waals surface area contributed by atoms with E-state index in [0.29, 0.717) is 15.7 Å². The second kappa shape index (κ2) is 17.1. The van der Waals surface area contributed by atoms with Crippen molar-refractivity contribution >= 4 is 47.2 Å². The van der Waals surface area contributed by atoms with Crippen LogP contribution in [0.4, 0.5) is 5.69 Å².